The maximum absolute atomic E-state index is 14.7. The number of nitrogens with zero attached hydrogens (tertiary/aromatic N) is 1. The third-order valence-electron chi connectivity index (χ3n) is 6.09. The van der Waals surface area contributed by atoms with Gasteiger partial charge in [0.2, 0.25) is 11.8 Å². The summed E-state index contributed by atoms with van der Waals surface area (Å²) in [7, 11) is 0. The Balaban J connectivity index is 0.00000324. The molecule has 0 radical (unpaired) electrons. The van der Waals surface area contributed by atoms with E-state index in [1.165, 1.54) is 6.07 Å². The Kier molecular flexibility index (Phi) is 8.42. The Morgan fingerprint density at radius 2 is 1.85 bits per heavy atom. The molecule has 0 saturated carbocycles. The third kappa shape index (κ3) is 5.64. The minimum atomic E-state index is -0.709. The second-order valence-corrected chi connectivity index (χ2v) is 8.44. The molecule has 1 fully saturated rings. The van der Waals surface area contributed by atoms with Crippen molar-refractivity contribution < 1.29 is 14.0 Å². The zero-order valence-corrected chi connectivity index (χ0v) is 19.9. The first-order chi connectivity index (χ1) is 16.0. The van der Waals surface area contributed by atoms with Crippen LogP contribution in [0.1, 0.15) is 41.0 Å². The molecular weight excluding hydrogens is 453 g/mol. The molecule has 5 nitrogen and oxygen atoms in total. The van der Waals surface area contributed by atoms with Crippen LogP contribution in [0.2, 0.25) is 0 Å². The van der Waals surface area contributed by atoms with E-state index in [0.717, 1.165) is 28.8 Å². The second kappa shape index (κ2) is 11.3. The summed E-state index contributed by atoms with van der Waals surface area (Å²) in [4.78, 5) is 27.2. The SMILES string of the molecule is Cc1cc(NC(=O)C(Cc2cccc(CN)c2)c2ccccc2F)ccc1N1CCCC1=O.Cl. The van der Waals surface area contributed by atoms with Crippen LogP contribution in [0.25, 0.3) is 0 Å². The van der Waals surface area contributed by atoms with Gasteiger partial charge in [-0.15, -0.1) is 12.4 Å². The Labute approximate surface area is 205 Å². The van der Waals surface area contributed by atoms with Gasteiger partial charge in [-0.1, -0.05) is 42.5 Å². The Hall–Kier alpha value is -3.22. The van der Waals surface area contributed by atoms with Crippen molar-refractivity contribution in [2.75, 3.05) is 16.8 Å². The van der Waals surface area contributed by atoms with E-state index in [4.69, 9.17) is 5.73 Å². The molecule has 0 aliphatic carbocycles. The lowest BCUT2D eigenvalue weighted by Gasteiger charge is -2.21. The number of rotatable bonds is 7. The van der Waals surface area contributed by atoms with Crippen LogP contribution in [0.3, 0.4) is 0 Å². The van der Waals surface area contributed by atoms with E-state index in [2.05, 4.69) is 5.32 Å². The molecule has 0 spiro atoms. The molecule has 0 aromatic heterocycles. The van der Waals surface area contributed by atoms with Crippen LogP contribution < -0.4 is 16.0 Å². The molecule has 178 valence electrons. The summed E-state index contributed by atoms with van der Waals surface area (Å²) in [6.45, 7) is 3.03. The smallest absolute Gasteiger partial charge is 0.232 e. The Morgan fingerprint density at radius 3 is 2.53 bits per heavy atom. The van der Waals surface area contributed by atoms with Crippen molar-refractivity contribution in [1.29, 1.82) is 0 Å². The highest BCUT2D eigenvalue weighted by atomic mass is 35.5. The number of nitrogens with two attached hydrogens (primary N) is 1. The maximum Gasteiger partial charge on any atom is 0.232 e. The van der Waals surface area contributed by atoms with Gasteiger partial charge in [-0.25, -0.2) is 4.39 Å². The van der Waals surface area contributed by atoms with Crippen molar-refractivity contribution >= 4 is 35.6 Å². The number of hydrogen-bond donors (Lipinski definition) is 2. The Morgan fingerprint density at radius 1 is 1.09 bits per heavy atom. The molecule has 3 aromatic rings. The standard InChI is InChI=1S/C27H28FN3O2.ClH/c1-18-14-21(11-12-25(18)31-13-5-10-26(31)32)30-27(33)23(22-8-2-3-9-24(22)28)16-19-6-4-7-20(15-19)17-29;/h2-4,6-9,11-12,14-15,23H,5,10,13,16-17,29H2,1H3,(H,30,33);1H. The summed E-state index contributed by atoms with van der Waals surface area (Å²) >= 11 is 0. The zero-order valence-electron chi connectivity index (χ0n) is 19.1. The number of aryl methyl sites for hydroxylation is 1. The first kappa shape index (κ1) is 25.4. The van der Waals surface area contributed by atoms with Gasteiger partial charge < -0.3 is 16.0 Å². The number of anilines is 2. The van der Waals surface area contributed by atoms with Crippen LogP contribution in [0, 0.1) is 12.7 Å². The molecule has 1 heterocycles. The average Bonchev–Trinajstić information content (AvgIpc) is 3.24. The fourth-order valence-corrected chi connectivity index (χ4v) is 4.39. The minimum absolute atomic E-state index is 0. The van der Waals surface area contributed by atoms with Gasteiger partial charge in [0.05, 0.1) is 5.92 Å². The molecular formula is C27H29ClFN3O2. The predicted octanol–water partition coefficient (Wildman–Crippen LogP) is 5.11. The lowest BCUT2D eigenvalue weighted by Crippen LogP contribution is -2.25. The summed E-state index contributed by atoms with van der Waals surface area (Å²) in [5.74, 6) is -1.29. The van der Waals surface area contributed by atoms with E-state index in [-0.39, 0.29) is 24.2 Å². The number of hydrogen-bond acceptors (Lipinski definition) is 3. The molecule has 1 unspecified atom stereocenters. The summed E-state index contributed by atoms with van der Waals surface area (Å²) < 4.78 is 14.7. The summed E-state index contributed by atoms with van der Waals surface area (Å²) in [5.41, 5.74) is 10.4. The van der Waals surface area contributed by atoms with E-state index in [0.29, 0.717) is 37.2 Å². The van der Waals surface area contributed by atoms with E-state index < -0.39 is 11.7 Å². The lowest BCUT2D eigenvalue weighted by atomic mass is 9.90. The number of carbonyl (C=O) groups excluding carboxylic acids is 2. The lowest BCUT2D eigenvalue weighted by molar-refractivity contribution is -0.118. The normalized spacial score (nSPS) is 14.0. The largest absolute Gasteiger partial charge is 0.326 e. The topological polar surface area (TPSA) is 75.4 Å². The van der Waals surface area contributed by atoms with E-state index >= 15 is 0 Å². The average molecular weight is 482 g/mol. The van der Waals surface area contributed by atoms with Gasteiger partial charge >= 0.3 is 0 Å². The molecule has 1 atom stereocenters. The van der Waals surface area contributed by atoms with E-state index in [9.17, 15) is 14.0 Å². The molecule has 1 aliphatic heterocycles. The number of nitrogens with one attached hydrogen (secondary N) is 1. The monoisotopic (exact) mass is 481 g/mol. The number of amides is 2. The molecule has 4 rings (SSSR count). The van der Waals surface area contributed by atoms with Gasteiger partial charge in [-0.05, 0) is 60.7 Å². The number of carbonyl (C=O) groups is 2. The second-order valence-electron chi connectivity index (χ2n) is 8.44. The zero-order chi connectivity index (χ0) is 23.4. The van der Waals surface area contributed by atoms with E-state index in [1.807, 2.05) is 43.3 Å². The summed E-state index contributed by atoms with van der Waals surface area (Å²) in [6, 6.07) is 19.6. The first-order valence-corrected chi connectivity index (χ1v) is 11.2. The van der Waals surface area contributed by atoms with Gasteiger partial charge in [0.1, 0.15) is 5.82 Å². The number of benzene rings is 3. The van der Waals surface area contributed by atoms with Gasteiger partial charge in [0, 0.05) is 36.4 Å². The molecule has 1 aliphatic rings. The quantitative estimate of drug-likeness (QED) is 0.492. The summed E-state index contributed by atoms with van der Waals surface area (Å²) in [6.07, 6.45) is 1.76. The molecule has 7 heteroatoms. The molecule has 3 N–H and O–H groups in total. The van der Waals surface area contributed by atoms with Crippen LogP contribution >= 0.6 is 12.4 Å². The van der Waals surface area contributed by atoms with E-state index in [1.54, 1.807) is 29.2 Å². The first-order valence-electron chi connectivity index (χ1n) is 11.2. The van der Waals surface area contributed by atoms with Crippen molar-refractivity contribution in [3.63, 3.8) is 0 Å². The van der Waals surface area contributed by atoms with Crippen molar-refractivity contribution in [3.8, 4) is 0 Å². The molecule has 34 heavy (non-hydrogen) atoms. The highest BCUT2D eigenvalue weighted by Crippen LogP contribution is 2.29. The molecule has 2 amide bonds. The summed E-state index contributed by atoms with van der Waals surface area (Å²) in [5, 5.41) is 2.95. The van der Waals surface area contributed by atoms with Gasteiger partial charge in [-0.2, -0.15) is 0 Å². The molecule has 1 saturated heterocycles. The fourth-order valence-electron chi connectivity index (χ4n) is 4.39. The molecule has 0 bridgehead atoms. The van der Waals surface area contributed by atoms with Gasteiger partial charge in [-0.3, -0.25) is 9.59 Å². The van der Waals surface area contributed by atoms with Crippen molar-refractivity contribution in [2.24, 2.45) is 5.73 Å². The van der Waals surface area contributed by atoms with Crippen molar-refractivity contribution in [2.45, 2.75) is 38.6 Å². The molecule has 3 aromatic carbocycles. The van der Waals surface area contributed by atoms with Crippen LogP contribution in [0.5, 0.6) is 0 Å². The van der Waals surface area contributed by atoms with Crippen LogP contribution in [0.15, 0.2) is 66.7 Å². The van der Waals surface area contributed by atoms with Crippen molar-refractivity contribution in [3.05, 3.63) is 94.8 Å². The highest BCUT2D eigenvalue weighted by Gasteiger charge is 2.26. The van der Waals surface area contributed by atoms with Crippen LogP contribution in [-0.4, -0.2) is 18.4 Å². The van der Waals surface area contributed by atoms with Gasteiger partial charge in [0.25, 0.3) is 0 Å². The highest BCUT2D eigenvalue weighted by molar-refractivity contribution is 5.98. The maximum atomic E-state index is 14.7. The minimum Gasteiger partial charge on any atom is -0.326 e. The fraction of sp³-hybridized carbons (Fsp3) is 0.259. The number of halogens is 2. The predicted molar refractivity (Wildman–Crippen MR) is 136 cm³/mol. The van der Waals surface area contributed by atoms with Crippen LogP contribution in [0.4, 0.5) is 15.8 Å². The van der Waals surface area contributed by atoms with Gasteiger partial charge in [0.15, 0.2) is 0 Å². The Bertz CT molecular complexity index is 1180. The van der Waals surface area contributed by atoms with Crippen molar-refractivity contribution in [1.82, 2.24) is 0 Å². The van der Waals surface area contributed by atoms with Crippen LogP contribution in [-0.2, 0) is 22.6 Å². The third-order valence-corrected chi connectivity index (χ3v) is 6.09.